The first-order valence-corrected chi connectivity index (χ1v) is 6.19. The quantitative estimate of drug-likeness (QED) is 0.718. The van der Waals surface area contributed by atoms with Gasteiger partial charge in [-0.2, -0.15) is 0 Å². The lowest BCUT2D eigenvalue weighted by atomic mass is 10.1. The minimum atomic E-state index is -0.591. The molecule has 100 valence electrons. The Balaban J connectivity index is 2.39. The van der Waals surface area contributed by atoms with Gasteiger partial charge in [-0.25, -0.2) is 0 Å². The molecule has 0 atom stereocenters. The van der Waals surface area contributed by atoms with Crippen LogP contribution in [0.2, 0.25) is 5.02 Å². The highest BCUT2D eigenvalue weighted by molar-refractivity contribution is 6.31. The molecule has 5 heteroatoms. The van der Waals surface area contributed by atoms with Gasteiger partial charge in [-0.3, -0.25) is 4.79 Å². The number of hydrogen-bond acceptors (Lipinski definition) is 4. The Bertz CT molecular complexity index is 867. The second-order valence-corrected chi connectivity index (χ2v) is 4.70. The summed E-state index contributed by atoms with van der Waals surface area (Å²) in [4.78, 5) is 12.1. The van der Waals surface area contributed by atoms with E-state index in [1.807, 2.05) is 0 Å². The fourth-order valence-corrected chi connectivity index (χ4v) is 2.18. The summed E-state index contributed by atoms with van der Waals surface area (Å²) in [5.41, 5.74) is -0.0543. The van der Waals surface area contributed by atoms with E-state index in [2.05, 4.69) is 0 Å². The Kier molecular flexibility index (Phi) is 2.88. The van der Waals surface area contributed by atoms with Crippen LogP contribution < -0.4 is 5.43 Å². The molecule has 3 rings (SSSR count). The molecule has 0 fully saturated rings. The highest BCUT2D eigenvalue weighted by Gasteiger charge is 2.17. The smallest absolute Gasteiger partial charge is 0.235 e. The Labute approximate surface area is 118 Å². The number of aromatic hydroxyl groups is 2. The van der Waals surface area contributed by atoms with Gasteiger partial charge in [0.15, 0.2) is 5.76 Å². The molecule has 2 aromatic carbocycles. The summed E-state index contributed by atoms with van der Waals surface area (Å²) in [6.07, 6.45) is 0. The maximum atomic E-state index is 12.1. The van der Waals surface area contributed by atoms with Gasteiger partial charge in [-0.05, 0) is 30.3 Å². The minimum Gasteiger partial charge on any atom is -0.507 e. The van der Waals surface area contributed by atoms with E-state index >= 15 is 0 Å². The predicted molar refractivity (Wildman–Crippen MR) is 76.3 cm³/mol. The first-order chi connectivity index (χ1) is 9.58. The van der Waals surface area contributed by atoms with Gasteiger partial charge in [-0.1, -0.05) is 23.7 Å². The van der Waals surface area contributed by atoms with Gasteiger partial charge in [0.1, 0.15) is 11.3 Å². The molecule has 0 aliphatic rings. The zero-order valence-electron chi connectivity index (χ0n) is 10.1. The lowest BCUT2D eigenvalue weighted by molar-refractivity contribution is 0.443. The maximum Gasteiger partial charge on any atom is 0.235 e. The number of halogens is 1. The van der Waals surface area contributed by atoms with Gasteiger partial charge in [-0.15, -0.1) is 0 Å². The van der Waals surface area contributed by atoms with Crippen molar-refractivity contribution in [3.63, 3.8) is 0 Å². The normalized spacial score (nSPS) is 10.8. The molecular weight excluding hydrogens is 280 g/mol. The van der Waals surface area contributed by atoms with E-state index in [0.29, 0.717) is 5.02 Å². The summed E-state index contributed by atoms with van der Waals surface area (Å²) in [6.45, 7) is 0. The molecule has 0 aliphatic carbocycles. The fraction of sp³-hybridized carbons (Fsp3) is 0. The predicted octanol–water partition coefficient (Wildman–Crippen LogP) is 3.52. The summed E-state index contributed by atoms with van der Waals surface area (Å²) >= 11 is 5.82. The van der Waals surface area contributed by atoms with Crippen LogP contribution in [0.5, 0.6) is 11.5 Å². The third-order valence-electron chi connectivity index (χ3n) is 2.98. The minimum absolute atomic E-state index is 0.0667. The molecular formula is C15H9ClO4. The molecule has 2 N–H and O–H groups in total. The molecule has 1 aromatic heterocycles. The highest BCUT2D eigenvalue weighted by atomic mass is 35.5. The van der Waals surface area contributed by atoms with E-state index in [9.17, 15) is 15.0 Å². The molecule has 0 amide bonds. The first kappa shape index (κ1) is 12.6. The number of fused-ring (bicyclic) bond motifs is 1. The lowest BCUT2D eigenvalue weighted by Gasteiger charge is -2.07. The van der Waals surface area contributed by atoms with E-state index in [0.717, 1.165) is 0 Å². The second kappa shape index (κ2) is 4.58. The van der Waals surface area contributed by atoms with Crippen molar-refractivity contribution in [1.82, 2.24) is 0 Å². The van der Waals surface area contributed by atoms with Crippen LogP contribution in [0.25, 0.3) is 22.3 Å². The van der Waals surface area contributed by atoms with E-state index in [1.165, 1.54) is 12.1 Å². The van der Waals surface area contributed by atoms with Crippen LogP contribution in [0.15, 0.2) is 51.7 Å². The third kappa shape index (κ3) is 1.90. The molecule has 0 bridgehead atoms. The van der Waals surface area contributed by atoms with E-state index in [1.54, 1.807) is 30.3 Å². The zero-order valence-corrected chi connectivity index (χ0v) is 10.9. The second-order valence-electron chi connectivity index (χ2n) is 4.27. The van der Waals surface area contributed by atoms with Crippen molar-refractivity contribution < 1.29 is 14.6 Å². The van der Waals surface area contributed by atoms with E-state index < -0.39 is 11.2 Å². The van der Waals surface area contributed by atoms with E-state index in [4.69, 9.17) is 16.0 Å². The molecule has 4 nitrogen and oxygen atoms in total. The largest absolute Gasteiger partial charge is 0.507 e. The summed E-state index contributed by atoms with van der Waals surface area (Å²) in [5, 5.41) is 20.4. The van der Waals surface area contributed by atoms with Crippen molar-refractivity contribution in [3.05, 3.63) is 57.7 Å². The highest BCUT2D eigenvalue weighted by Crippen LogP contribution is 2.35. The summed E-state index contributed by atoms with van der Waals surface area (Å²) < 4.78 is 5.53. The molecule has 0 spiro atoms. The van der Waals surface area contributed by atoms with Gasteiger partial charge < -0.3 is 14.6 Å². The number of phenols is 1. The Hall–Kier alpha value is -2.46. The maximum absolute atomic E-state index is 12.1. The molecule has 20 heavy (non-hydrogen) atoms. The van der Waals surface area contributed by atoms with Crippen molar-refractivity contribution in [2.24, 2.45) is 0 Å². The van der Waals surface area contributed by atoms with Gasteiger partial charge >= 0.3 is 0 Å². The number of phenolic OH excluding ortho intramolecular Hbond substituents is 1. The molecule has 0 saturated heterocycles. The van der Waals surface area contributed by atoms with Crippen molar-refractivity contribution in [3.8, 4) is 22.8 Å². The van der Waals surface area contributed by atoms with Crippen LogP contribution in [0, 0.1) is 0 Å². The Morgan fingerprint density at radius 1 is 1.05 bits per heavy atom. The number of benzene rings is 2. The van der Waals surface area contributed by atoms with Crippen molar-refractivity contribution in [1.29, 1.82) is 0 Å². The van der Waals surface area contributed by atoms with Crippen molar-refractivity contribution in [2.45, 2.75) is 0 Å². The van der Waals surface area contributed by atoms with Crippen molar-refractivity contribution in [2.75, 3.05) is 0 Å². The van der Waals surface area contributed by atoms with Gasteiger partial charge in [0.25, 0.3) is 0 Å². The number of para-hydroxylation sites is 1. The van der Waals surface area contributed by atoms with Crippen LogP contribution >= 0.6 is 11.6 Å². The topological polar surface area (TPSA) is 70.7 Å². The Morgan fingerprint density at radius 2 is 1.80 bits per heavy atom. The summed E-state index contributed by atoms with van der Waals surface area (Å²) in [6, 6.07) is 10.9. The van der Waals surface area contributed by atoms with Crippen LogP contribution in [0.4, 0.5) is 0 Å². The lowest BCUT2D eigenvalue weighted by Crippen LogP contribution is -2.02. The van der Waals surface area contributed by atoms with E-state index in [-0.39, 0.29) is 28.0 Å². The van der Waals surface area contributed by atoms with Crippen LogP contribution in [0.3, 0.4) is 0 Å². The standard InChI is InChI=1S/C15H9ClO4/c16-8-5-6-12-10(7-8)13(18)14(19)15(20-12)9-3-1-2-4-11(9)17/h1-7,17,19H. The summed E-state index contributed by atoms with van der Waals surface area (Å²) in [7, 11) is 0. The van der Waals surface area contributed by atoms with Crippen LogP contribution in [-0.2, 0) is 0 Å². The number of rotatable bonds is 1. The average Bonchev–Trinajstić information content (AvgIpc) is 2.44. The summed E-state index contributed by atoms with van der Waals surface area (Å²) in [5.74, 6) is -0.705. The fourth-order valence-electron chi connectivity index (χ4n) is 2.01. The molecule has 0 saturated carbocycles. The monoisotopic (exact) mass is 288 g/mol. The third-order valence-corrected chi connectivity index (χ3v) is 3.21. The molecule has 1 heterocycles. The van der Waals surface area contributed by atoms with Crippen molar-refractivity contribution >= 4 is 22.6 Å². The first-order valence-electron chi connectivity index (χ1n) is 5.81. The zero-order chi connectivity index (χ0) is 14.3. The average molecular weight is 289 g/mol. The van der Waals surface area contributed by atoms with Crippen LogP contribution in [-0.4, -0.2) is 10.2 Å². The number of hydrogen-bond donors (Lipinski definition) is 2. The van der Waals surface area contributed by atoms with Gasteiger partial charge in [0.2, 0.25) is 11.2 Å². The van der Waals surface area contributed by atoms with Crippen LogP contribution in [0.1, 0.15) is 0 Å². The Morgan fingerprint density at radius 3 is 2.55 bits per heavy atom. The molecule has 0 unspecified atom stereocenters. The molecule has 0 aliphatic heterocycles. The van der Waals surface area contributed by atoms with Gasteiger partial charge in [0, 0.05) is 5.02 Å². The van der Waals surface area contributed by atoms with Gasteiger partial charge in [0.05, 0.1) is 10.9 Å². The molecule has 0 radical (unpaired) electrons. The SMILES string of the molecule is O=c1c(O)c(-c2ccccc2O)oc2ccc(Cl)cc12. The molecule has 3 aromatic rings.